The molecule has 0 spiro atoms. The monoisotopic (exact) mass is 429 g/mol. The van der Waals surface area contributed by atoms with Crippen LogP contribution in [0.4, 0.5) is 0 Å². The Morgan fingerprint density at radius 3 is 2.40 bits per heavy atom. The smallest absolute Gasteiger partial charge is 0.251 e. The standard InChI is InChI=1S/C23H31N3O3S/c1-5-22(21-10-9-17(2)15-18(21)3)24-23(27)19-7-6-8-20(16-19)30(28,29)26-13-11-25(4)12-14-26/h6-10,15-16,22H,5,11-14H2,1-4H3,(H,24,27). The van der Waals surface area contributed by atoms with Crippen molar-refractivity contribution in [3.63, 3.8) is 0 Å². The van der Waals surface area contributed by atoms with Gasteiger partial charge in [-0.3, -0.25) is 4.79 Å². The molecule has 7 heteroatoms. The third kappa shape index (κ3) is 4.91. The average molecular weight is 430 g/mol. The molecule has 6 nitrogen and oxygen atoms in total. The summed E-state index contributed by atoms with van der Waals surface area (Å²) in [7, 11) is -1.63. The molecule has 0 saturated carbocycles. The van der Waals surface area contributed by atoms with E-state index in [1.165, 1.54) is 15.9 Å². The van der Waals surface area contributed by atoms with Crippen LogP contribution < -0.4 is 5.32 Å². The third-order valence-electron chi connectivity index (χ3n) is 5.71. The number of likely N-dealkylation sites (N-methyl/N-ethyl adjacent to an activating group) is 1. The van der Waals surface area contributed by atoms with Gasteiger partial charge in [-0.2, -0.15) is 4.31 Å². The Hall–Kier alpha value is -2.22. The molecule has 1 N–H and O–H groups in total. The molecular formula is C23H31N3O3S. The molecule has 0 bridgehead atoms. The van der Waals surface area contributed by atoms with Crippen molar-refractivity contribution in [1.82, 2.24) is 14.5 Å². The van der Waals surface area contributed by atoms with Crippen LogP contribution in [0.25, 0.3) is 0 Å². The van der Waals surface area contributed by atoms with Crippen molar-refractivity contribution in [2.45, 2.75) is 38.1 Å². The Bertz CT molecular complexity index is 1010. The molecule has 1 heterocycles. The van der Waals surface area contributed by atoms with Crippen LogP contribution >= 0.6 is 0 Å². The van der Waals surface area contributed by atoms with Crippen LogP contribution in [-0.2, 0) is 10.0 Å². The van der Waals surface area contributed by atoms with E-state index in [1.54, 1.807) is 18.2 Å². The van der Waals surface area contributed by atoms with Crippen molar-refractivity contribution < 1.29 is 13.2 Å². The Morgan fingerprint density at radius 1 is 1.07 bits per heavy atom. The van der Waals surface area contributed by atoms with Crippen molar-refractivity contribution in [3.05, 3.63) is 64.7 Å². The van der Waals surface area contributed by atoms with Crippen LogP contribution in [0, 0.1) is 13.8 Å². The normalized spacial score (nSPS) is 16.9. The Balaban J connectivity index is 1.80. The van der Waals surface area contributed by atoms with Crippen LogP contribution in [0.2, 0.25) is 0 Å². The molecule has 2 aromatic rings. The molecule has 2 aromatic carbocycles. The maximum Gasteiger partial charge on any atom is 0.251 e. The molecule has 1 atom stereocenters. The highest BCUT2D eigenvalue weighted by molar-refractivity contribution is 7.89. The van der Waals surface area contributed by atoms with E-state index in [-0.39, 0.29) is 16.8 Å². The highest BCUT2D eigenvalue weighted by Crippen LogP contribution is 2.23. The lowest BCUT2D eigenvalue weighted by Gasteiger charge is -2.31. The number of nitrogens with one attached hydrogen (secondary N) is 1. The molecule has 1 unspecified atom stereocenters. The first kappa shape index (κ1) is 22.5. The number of carbonyl (C=O) groups excluding carboxylic acids is 1. The van der Waals surface area contributed by atoms with Crippen molar-refractivity contribution in [1.29, 1.82) is 0 Å². The topological polar surface area (TPSA) is 69.7 Å². The summed E-state index contributed by atoms with van der Waals surface area (Å²) in [4.78, 5) is 15.2. The number of aryl methyl sites for hydroxylation is 2. The summed E-state index contributed by atoms with van der Waals surface area (Å²) >= 11 is 0. The lowest BCUT2D eigenvalue weighted by atomic mass is 9.97. The zero-order valence-corrected chi connectivity index (χ0v) is 19.0. The number of nitrogens with zero attached hydrogens (tertiary/aromatic N) is 2. The Labute approximate surface area is 179 Å². The minimum absolute atomic E-state index is 0.129. The molecule has 0 radical (unpaired) electrons. The van der Waals surface area contributed by atoms with E-state index in [0.717, 1.165) is 17.5 Å². The highest BCUT2D eigenvalue weighted by Gasteiger charge is 2.28. The number of amides is 1. The maximum atomic E-state index is 13.0. The molecule has 30 heavy (non-hydrogen) atoms. The summed E-state index contributed by atoms with van der Waals surface area (Å²) in [5, 5.41) is 3.07. The third-order valence-corrected chi connectivity index (χ3v) is 7.61. The lowest BCUT2D eigenvalue weighted by Crippen LogP contribution is -2.47. The molecule has 1 aliphatic rings. The minimum Gasteiger partial charge on any atom is -0.345 e. The van der Waals surface area contributed by atoms with Gasteiger partial charge in [0, 0.05) is 31.7 Å². The molecule has 1 aliphatic heterocycles. The van der Waals surface area contributed by atoms with Gasteiger partial charge in [0.2, 0.25) is 10.0 Å². The largest absolute Gasteiger partial charge is 0.345 e. The van der Waals surface area contributed by atoms with Gasteiger partial charge >= 0.3 is 0 Å². The van der Waals surface area contributed by atoms with Gasteiger partial charge in [0.25, 0.3) is 5.91 Å². The number of sulfonamides is 1. The second-order valence-corrected chi connectivity index (χ2v) is 9.97. The van der Waals surface area contributed by atoms with Gasteiger partial charge in [0.05, 0.1) is 10.9 Å². The molecule has 1 fully saturated rings. The van der Waals surface area contributed by atoms with E-state index >= 15 is 0 Å². The van der Waals surface area contributed by atoms with Crippen LogP contribution in [0.5, 0.6) is 0 Å². The minimum atomic E-state index is -3.61. The predicted molar refractivity (Wildman–Crippen MR) is 119 cm³/mol. The van der Waals surface area contributed by atoms with Crippen LogP contribution in [0.15, 0.2) is 47.4 Å². The van der Waals surface area contributed by atoms with Gasteiger partial charge in [-0.1, -0.05) is 36.8 Å². The van der Waals surface area contributed by atoms with Gasteiger partial charge in [0.15, 0.2) is 0 Å². The number of hydrogen-bond acceptors (Lipinski definition) is 4. The van der Waals surface area contributed by atoms with Crippen molar-refractivity contribution in [3.8, 4) is 0 Å². The maximum absolute atomic E-state index is 13.0. The molecular weight excluding hydrogens is 398 g/mol. The van der Waals surface area contributed by atoms with Crippen molar-refractivity contribution in [2.24, 2.45) is 0 Å². The summed E-state index contributed by atoms with van der Waals surface area (Å²) < 4.78 is 27.5. The molecule has 1 amide bonds. The summed E-state index contributed by atoms with van der Waals surface area (Å²) in [6.07, 6.45) is 0.745. The number of carbonyl (C=O) groups is 1. The summed E-state index contributed by atoms with van der Waals surface area (Å²) in [6.45, 7) is 8.43. The lowest BCUT2D eigenvalue weighted by molar-refractivity contribution is 0.0935. The number of benzene rings is 2. The number of rotatable bonds is 6. The van der Waals surface area contributed by atoms with Gasteiger partial charge in [-0.15, -0.1) is 0 Å². The zero-order chi connectivity index (χ0) is 21.9. The van der Waals surface area contributed by atoms with Crippen LogP contribution in [0.1, 0.15) is 46.4 Å². The second kappa shape index (κ2) is 9.29. The van der Waals surface area contributed by atoms with Gasteiger partial charge < -0.3 is 10.2 Å². The number of piperazine rings is 1. The van der Waals surface area contributed by atoms with Gasteiger partial charge in [-0.25, -0.2) is 8.42 Å². The molecule has 1 saturated heterocycles. The van der Waals surface area contributed by atoms with E-state index in [0.29, 0.717) is 31.7 Å². The Morgan fingerprint density at radius 2 is 1.77 bits per heavy atom. The van der Waals surface area contributed by atoms with Gasteiger partial charge in [-0.05, 0) is 56.6 Å². The fourth-order valence-corrected chi connectivity index (χ4v) is 5.30. The van der Waals surface area contributed by atoms with Gasteiger partial charge in [0.1, 0.15) is 0 Å². The Kier molecular flexibility index (Phi) is 6.95. The van der Waals surface area contributed by atoms with E-state index in [4.69, 9.17) is 0 Å². The molecule has 0 aliphatic carbocycles. The van der Waals surface area contributed by atoms with Crippen molar-refractivity contribution in [2.75, 3.05) is 33.2 Å². The summed E-state index contributed by atoms with van der Waals surface area (Å²) in [5.41, 5.74) is 3.75. The van der Waals surface area contributed by atoms with E-state index in [1.807, 2.05) is 40.0 Å². The first-order valence-electron chi connectivity index (χ1n) is 10.4. The predicted octanol–water partition coefficient (Wildman–Crippen LogP) is 3.12. The fraction of sp³-hybridized carbons (Fsp3) is 0.435. The van der Waals surface area contributed by atoms with Crippen LogP contribution in [-0.4, -0.2) is 56.8 Å². The number of hydrogen-bond donors (Lipinski definition) is 1. The fourth-order valence-electron chi connectivity index (χ4n) is 3.83. The van der Waals surface area contributed by atoms with Crippen molar-refractivity contribution >= 4 is 15.9 Å². The zero-order valence-electron chi connectivity index (χ0n) is 18.2. The quantitative estimate of drug-likeness (QED) is 0.766. The summed E-state index contributed by atoms with van der Waals surface area (Å²) in [5.74, 6) is -0.266. The average Bonchev–Trinajstić information content (AvgIpc) is 2.72. The first-order valence-corrected chi connectivity index (χ1v) is 11.8. The highest BCUT2D eigenvalue weighted by atomic mass is 32.2. The van der Waals surface area contributed by atoms with E-state index in [2.05, 4.69) is 16.3 Å². The molecule has 0 aromatic heterocycles. The summed E-state index contributed by atoms with van der Waals surface area (Å²) in [6, 6.07) is 12.4. The van der Waals surface area contributed by atoms with E-state index in [9.17, 15) is 13.2 Å². The van der Waals surface area contributed by atoms with E-state index < -0.39 is 10.0 Å². The second-order valence-electron chi connectivity index (χ2n) is 8.03. The molecule has 3 rings (SSSR count). The SMILES string of the molecule is CCC(NC(=O)c1cccc(S(=O)(=O)N2CCN(C)CC2)c1)c1ccc(C)cc1C. The van der Waals surface area contributed by atoms with Crippen LogP contribution in [0.3, 0.4) is 0 Å². The first-order chi connectivity index (χ1) is 14.2. The molecule has 162 valence electrons.